The molecule has 3 aromatic rings. The Balaban J connectivity index is 1.53. The fourth-order valence-electron chi connectivity index (χ4n) is 3.11. The first-order valence-electron chi connectivity index (χ1n) is 8.26. The molecule has 0 bridgehead atoms. The molecule has 1 aliphatic heterocycles. The van der Waals surface area contributed by atoms with Gasteiger partial charge in [0.2, 0.25) is 5.95 Å². The third-order valence-electron chi connectivity index (χ3n) is 4.49. The Labute approximate surface area is 146 Å². The molecule has 2 heterocycles. The molecule has 0 spiro atoms. The topological polar surface area (TPSA) is 72.1 Å². The number of amides is 1. The van der Waals surface area contributed by atoms with E-state index in [1.165, 1.54) is 0 Å². The van der Waals surface area contributed by atoms with Crippen molar-refractivity contribution in [2.24, 2.45) is 0 Å². The Morgan fingerprint density at radius 3 is 2.48 bits per heavy atom. The standard InChI is InChI=1S/C20H18N4O/c21-20-22-12-17-10-11-24(13-18(17)23-20)19(25)16-8-6-15(7-9-16)14-4-2-1-3-5-14/h1-9,12H,10-11,13H2,(H2,21,22,23). The molecule has 0 aliphatic carbocycles. The molecule has 4 rings (SSSR count). The van der Waals surface area contributed by atoms with Gasteiger partial charge >= 0.3 is 0 Å². The van der Waals surface area contributed by atoms with Gasteiger partial charge in [0.1, 0.15) is 0 Å². The van der Waals surface area contributed by atoms with Crippen LogP contribution in [0.1, 0.15) is 21.6 Å². The second-order valence-electron chi connectivity index (χ2n) is 6.12. The van der Waals surface area contributed by atoms with Crippen molar-refractivity contribution in [2.75, 3.05) is 12.3 Å². The van der Waals surface area contributed by atoms with Crippen molar-refractivity contribution in [3.63, 3.8) is 0 Å². The molecule has 1 aromatic heterocycles. The normalized spacial score (nSPS) is 13.4. The van der Waals surface area contributed by atoms with E-state index in [1.54, 1.807) is 6.20 Å². The van der Waals surface area contributed by atoms with E-state index in [0.717, 1.165) is 28.8 Å². The van der Waals surface area contributed by atoms with E-state index >= 15 is 0 Å². The van der Waals surface area contributed by atoms with Gasteiger partial charge in [-0.25, -0.2) is 9.97 Å². The second-order valence-corrected chi connectivity index (χ2v) is 6.12. The molecular weight excluding hydrogens is 312 g/mol. The van der Waals surface area contributed by atoms with Gasteiger partial charge in [0.05, 0.1) is 12.2 Å². The lowest BCUT2D eigenvalue weighted by Gasteiger charge is -2.28. The SMILES string of the molecule is Nc1ncc2c(n1)CN(C(=O)c1ccc(-c3ccccc3)cc1)CC2. The average molecular weight is 330 g/mol. The summed E-state index contributed by atoms with van der Waals surface area (Å²) < 4.78 is 0. The average Bonchev–Trinajstić information content (AvgIpc) is 2.67. The highest BCUT2D eigenvalue weighted by Gasteiger charge is 2.23. The van der Waals surface area contributed by atoms with E-state index in [9.17, 15) is 4.79 Å². The summed E-state index contributed by atoms with van der Waals surface area (Å²) in [4.78, 5) is 22.9. The fraction of sp³-hybridized carbons (Fsp3) is 0.150. The van der Waals surface area contributed by atoms with E-state index < -0.39 is 0 Å². The van der Waals surface area contributed by atoms with Gasteiger partial charge in [0.25, 0.3) is 5.91 Å². The fourth-order valence-corrected chi connectivity index (χ4v) is 3.11. The molecule has 0 radical (unpaired) electrons. The van der Waals surface area contributed by atoms with Crippen molar-refractivity contribution < 1.29 is 4.79 Å². The smallest absolute Gasteiger partial charge is 0.254 e. The zero-order valence-corrected chi connectivity index (χ0v) is 13.7. The Morgan fingerprint density at radius 1 is 1.00 bits per heavy atom. The van der Waals surface area contributed by atoms with Crippen LogP contribution in [-0.4, -0.2) is 27.3 Å². The minimum absolute atomic E-state index is 0.0162. The molecule has 0 atom stereocenters. The summed E-state index contributed by atoms with van der Waals surface area (Å²) in [5.74, 6) is 0.266. The van der Waals surface area contributed by atoms with Crippen LogP contribution in [0.5, 0.6) is 0 Å². The minimum Gasteiger partial charge on any atom is -0.368 e. The summed E-state index contributed by atoms with van der Waals surface area (Å²) in [6.45, 7) is 1.14. The van der Waals surface area contributed by atoms with Crippen molar-refractivity contribution >= 4 is 11.9 Å². The third kappa shape index (κ3) is 3.08. The maximum atomic E-state index is 12.8. The number of carbonyl (C=O) groups excluding carboxylic acids is 1. The van der Waals surface area contributed by atoms with Crippen molar-refractivity contribution in [3.05, 3.63) is 77.6 Å². The van der Waals surface area contributed by atoms with Crippen molar-refractivity contribution in [1.29, 1.82) is 0 Å². The van der Waals surface area contributed by atoms with Gasteiger partial charge < -0.3 is 10.6 Å². The van der Waals surface area contributed by atoms with Gasteiger partial charge in [-0.3, -0.25) is 4.79 Å². The summed E-state index contributed by atoms with van der Waals surface area (Å²) in [5.41, 5.74) is 10.5. The lowest BCUT2D eigenvalue weighted by molar-refractivity contribution is 0.0732. The van der Waals surface area contributed by atoms with Crippen molar-refractivity contribution in [2.45, 2.75) is 13.0 Å². The molecule has 2 aromatic carbocycles. The molecule has 1 aliphatic rings. The Morgan fingerprint density at radius 2 is 1.72 bits per heavy atom. The zero-order valence-electron chi connectivity index (χ0n) is 13.7. The first-order valence-corrected chi connectivity index (χ1v) is 8.26. The number of carbonyl (C=O) groups is 1. The molecule has 1 amide bonds. The number of nitrogens with two attached hydrogens (primary N) is 1. The predicted octanol–water partition coefficient (Wildman–Crippen LogP) is 2.92. The van der Waals surface area contributed by atoms with Crippen LogP contribution >= 0.6 is 0 Å². The van der Waals surface area contributed by atoms with Crippen LogP contribution in [0.15, 0.2) is 60.8 Å². The summed E-state index contributed by atoms with van der Waals surface area (Å²) in [7, 11) is 0. The molecule has 2 N–H and O–H groups in total. The van der Waals surface area contributed by atoms with Crippen LogP contribution in [0.2, 0.25) is 0 Å². The zero-order chi connectivity index (χ0) is 17.2. The van der Waals surface area contributed by atoms with E-state index in [0.29, 0.717) is 18.7 Å². The van der Waals surface area contributed by atoms with E-state index in [4.69, 9.17) is 5.73 Å². The van der Waals surface area contributed by atoms with Gasteiger partial charge in [-0.1, -0.05) is 42.5 Å². The molecule has 124 valence electrons. The quantitative estimate of drug-likeness (QED) is 0.784. The number of fused-ring (bicyclic) bond motifs is 1. The lowest BCUT2D eigenvalue weighted by Crippen LogP contribution is -2.36. The van der Waals surface area contributed by atoms with Crippen molar-refractivity contribution in [3.8, 4) is 11.1 Å². The van der Waals surface area contributed by atoms with Crippen molar-refractivity contribution in [1.82, 2.24) is 14.9 Å². The molecule has 0 fully saturated rings. The van der Waals surface area contributed by atoms with Crippen LogP contribution in [0, 0.1) is 0 Å². The first-order chi connectivity index (χ1) is 12.2. The number of hydrogen-bond acceptors (Lipinski definition) is 4. The van der Waals surface area contributed by atoms with Gasteiger partial charge in [-0.05, 0) is 35.2 Å². The third-order valence-corrected chi connectivity index (χ3v) is 4.49. The van der Waals surface area contributed by atoms with E-state index in [-0.39, 0.29) is 11.9 Å². The second kappa shape index (κ2) is 6.36. The molecule has 5 nitrogen and oxygen atoms in total. The Bertz CT molecular complexity index is 907. The maximum absolute atomic E-state index is 12.8. The number of nitrogen functional groups attached to an aromatic ring is 1. The lowest BCUT2D eigenvalue weighted by atomic mass is 10.0. The number of anilines is 1. The summed E-state index contributed by atoms with van der Waals surface area (Å²) >= 11 is 0. The van der Waals surface area contributed by atoms with Gasteiger partial charge in [0, 0.05) is 18.3 Å². The molecule has 5 heteroatoms. The molecular formula is C20H18N4O. The predicted molar refractivity (Wildman–Crippen MR) is 96.8 cm³/mol. The number of hydrogen-bond donors (Lipinski definition) is 1. The van der Waals surface area contributed by atoms with Gasteiger partial charge in [0.15, 0.2) is 0 Å². The monoisotopic (exact) mass is 330 g/mol. The highest BCUT2D eigenvalue weighted by atomic mass is 16.2. The number of aromatic nitrogens is 2. The van der Waals surface area contributed by atoms with Crippen LogP contribution in [0.25, 0.3) is 11.1 Å². The van der Waals surface area contributed by atoms with Crippen LogP contribution in [0.3, 0.4) is 0 Å². The number of benzene rings is 2. The van der Waals surface area contributed by atoms with E-state index in [1.807, 2.05) is 47.4 Å². The van der Waals surface area contributed by atoms with Crippen LogP contribution in [0.4, 0.5) is 5.95 Å². The van der Waals surface area contributed by atoms with Gasteiger partial charge in [-0.15, -0.1) is 0 Å². The van der Waals surface area contributed by atoms with Gasteiger partial charge in [-0.2, -0.15) is 0 Å². The highest BCUT2D eigenvalue weighted by Crippen LogP contribution is 2.22. The summed E-state index contributed by atoms with van der Waals surface area (Å²) in [6.07, 6.45) is 2.51. The summed E-state index contributed by atoms with van der Waals surface area (Å²) in [6, 6.07) is 17.9. The Kier molecular flexibility index (Phi) is 3.90. The largest absolute Gasteiger partial charge is 0.368 e. The molecule has 0 unspecified atom stereocenters. The molecule has 25 heavy (non-hydrogen) atoms. The minimum atomic E-state index is 0.0162. The van der Waals surface area contributed by atoms with Crippen LogP contribution < -0.4 is 5.73 Å². The van der Waals surface area contributed by atoms with Crippen LogP contribution in [-0.2, 0) is 13.0 Å². The summed E-state index contributed by atoms with van der Waals surface area (Å²) in [5, 5.41) is 0. The first kappa shape index (κ1) is 15.3. The Hall–Kier alpha value is -3.21. The van der Waals surface area contributed by atoms with E-state index in [2.05, 4.69) is 22.1 Å². The number of nitrogens with zero attached hydrogens (tertiary/aromatic N) is 3. The molecule has 0 saturated heterocycles. The highest BCUT2D eigenvalue weighted by molar-refractivity contribution is 5.94. The maximum Gasteiger partial charge on any atom is 0.254 e. The number of rotatable bonds is 2. The molecule has 0 saturated carbocycles.